The Morgan fingerprint density at radius 1 is 1.27 bits per heavy atom. The molecule has 22 heavy (non-hydrogen) atoms. The average Bonchev–Trinajstić information content (AvgIpc) is 2.44. The summed E-state index contributed by atoms with van der Waals surface area (Å²) in [5, 5.41) is 13.1. The van der Waals surface area contributed by atoms with Gasteiger partial charge >= 0.3 is 5.97 Å². The Labute approximate surface area is 130 Å². The number of nitrogens with zero attached hydrogens (tertiary/aromatic N) is 3. The minimum atomic E-state index is -0.803. The summed E-state index contributed by atoms with van der Waals surface area (Å²) in [4.78, 5) is 21.8. The number of carboxylic acid groups (broad SMARTS) is 1. The van der Waals surface area contributed by atoms with E-state index in [1.54, 1.807) is 0 Å². The largest absolute Gasteiger partial charge is 0.481 e. The normalized spacial score (nSPS) is 11.5. The summed E-state index contributed by atoms with van der Waals surface area (Å²) in [5.41, 5.74) is 0.461. The van der Waals surface area contributed by atoms with Gasteiger partial charge in [0.15, 0.2) is 0 Å². The Hall–Kier alpha value is -2.37. The molecule has 1 heterocycles. The van der Waals surface area contributed by atoms with E-state index in [9.17, 15) is 4.79 Å². The Morgan fingerprint density at radius 2 is 1.95 bits per heavy atom. The third-order valence-corrected chi connectivity index (χ3v) is 3.42. The number of para-hydroxylation sites is 1. The fourth-order valence-corrected chi connectivity index (χ4v) is 2.24. The number of nitrogens with one attached hydrogen (secondary N) is 1. The molecule has 118 valence electrons. The Balaban J connectivity index is 2.33. The van der Waals surface area contributed by atoms with Crippen molar-refractivity contribution in [1.29, 1.82) is 0 Å². The second-order valence-electron chi connectivity index (χ2n) is 6.19. The molecule has 2 rings (SSSR count). The zero-order valence-corrected chi connectivity index (χ0v) is 13.4. The Morgan fingerprint density at radius 3 is 2.59 bits per heavy atom. The van der Waals surface area contributed by atoms with Crippen LogP contribution in [0.3, 0.4) is 0 Å². The zero-order valence-electron chi connectivity index (χ0n) is 13.4. The third kappa shape index (κ3) is 3.84. The number of fused-ring (bicyclic) bond motifs is 1. The standard InChI is InChI=1S/C16H22N4O2/c1-16(2,10-9-13(21)22)19-15-17-12-8-6-5-7-11(12)14(18-15)20(3)4/h5-8H,9-10H2,1-4H3,(H,21,22)(H,17,18,19). The summed E-state index contributed by atoms with van der Waals surface area (Å²) in [5.74, 6) is 0.545. The summed E-state index contributed by atoms with van der Waals surface area (Å²) in [6, 6.07) is 7.83. The van der Waals surface area contributed by atoms with Gasteiger partial charge in [-0.3, -0.25) is 4.79 Å². The second kappa shape index (κ2) is 6.17. The topological polar surface area (TPSA) is 78.4 Å². The van der Waals surface area contributed by atoms with Gasteiger partial charge < -0.3 is 15.3 Å². The molecule has 6 heteroatoms. The van der Waals surface area contributed by atoms with E-state index in [0.29, 0.717) is 12.4 Å². The fraction of sp³-hybridized carbons (Fsp3) is 0.438. The molecule has 0 unspecified atom stereocenters. The Kier molecular flexibility index (Phi) is 4.49. The number of carbonyl (C=O) groups is 1. The van der Waals surface area contributed by atoms with Crippen molar-refractivity contribution < 1.29 is 9.90 Å². The van der Waals surface area contributed by atoms with Crippen LogP contribution in [0.1, 0.15) is 26.7 Å². The van der Waals surface area contributed by atoms with E-state index < -0.39 is 11.5 Å². The van der Waals surface area contributed by atoms with Gasteiger partial charge in [0.2, 0.25) is 5.95 Å². The average molecular weight is 302 g/mol. The molecule has 1 aromatic carbocycles. The van der Waals surface area contributed by atoms with E-state index in [4.69, 9.17) is 5.11 Å². The van der Waals surface area contributed by atoms with Crippen LogP contribution in [0, 0.1) is 0 Å². The van der Waals surface area contributed by atoms with E-state index in [-0.39, 0.29) is 6.42 Å². The van der Waals surface area contributed by atoms with Crippen LogP contribution in [-0.4, -0.2) is 40.7 Å². The molecule has 6 nitrogen and oxygen atoms in total. The van der Waals surface area contributed by atoms with E-state index in [2.05, 4.69) is 15.3 Å². The van der Waals surface area contributed by atoms with Crippen LogP contribution < -0.4 is 10.2 Å². The maximum Gasteiger partial charge on any atom is 0.303 e. The molecule has 0 amide bonds. The van der Waals surface area contributed by atoms with Crippen molar-refractivity contribution in [2.75, 3.05) is 24.3 Å². The van der Waals surface area contributed by atoms with Crippen molar-refractivity contribution in [3.8, 4) is 0 Å². The highest BCUT2D eigenvalue weighted by atomic mass is 16.4. The van der Waals surface area contributed by atoms with Crippen LogP contribution in [0.15, 0.2) is 24.3 Å². The summed E-state index contributed by atoms with van der Waals surface area (Å²) in [6.45, 7) is 3.90. The molecule has 0 aliphatic heterocycles. The number of aliphatic carboxylic acids is 1. The number of hydrogen-bond donors (Lipinski definition) is 2. The van der Waals surface area contributed by atoms with E-state index in [1.165, 1.54) is 0 Å². The molecule has 0 bridgehead atoms. The third-order valence-electron chi connectivity index (χ3n) is 3.42. The molecule has 0 aliphatic carbocycles. The van der Waals surface area contributed by atoms with Crippen LogP contribution in [0.2, 0.25) is 0 Å². The first-order valence-electron chi connectivity index (χ1n) is 7.22. The molecule has 0 fully saturated rings. The number of anilines is 2. The number of carboxylic acids is 1. The molecule has 0 atom stereocenters. The van der Waals surface area contributed by atoms with Gasteiger partial charge in [-0.25, -0.2) is 4.98 Å². The lowest BCUT2D eigenvalue weighted by Gasteiger charge is -2.26. The molecule has 0 saturated carbocycles. The molecular weight excluding hydrogens is 280 g/mol. The summed E-state index contributed by atoms with van der Waals surface area (Å²) in [7, 11) is 3.88. The monoisotopic (exact) mass is 302 g/mol. The van der Waals surface area contributed by atoms with Crippen molar-refractivity contribution in [2.45, 2.75) is 32.2 Å². The summed E-state index contributed by atoms with van der Waals surface area (Å²) in [6.07, 6.45) is 0.601. The van der Waals surface area contributed by atoms with Gasteiger partial charge in [-0.1, -0.05) is 12.1 Å². The van der Waals surface area contributed by atoms with Crippen molar-refractivity contribution in [3.05, 3.63) is 24.3 Å². The molecular formula is C16H22N4O2. The predicted octanol–water partition coefficient (Wildman–Crippen LogP) is 2.75. The highest BCUT2D eigenvalue weighted by molar-refractivity contribution is 5.90. The van der Waals surface area contributed by atoms with Gasteiger partial charge in [-0.15, -0.1) is 0 Å². The highest BCUT2D eigenvalue weighted by Gasteiger charge is 2.21. The molecule has 0 aliphatic rings. The zero-order chi connectivity index (χ0) is 16.3. The fourth-order valence-electron chi connectivity index (χ4n) is 2.24. The van der Waals surface area contributed by atoms with Crippen LogP contribution >= 0.6 is 0 Å². The van der Waals surface area contributed by atoms with Gasteiger partial charge in [-0.05, 0) is 32.4 Å². The lowest BCUT2D eigenvalue weighted by Crippen LogP contribution is -2.32. The van der Waals surface area contributed by atoms with Crippen molar-refractivity contribution >= 4 is 28.6 Å². The predicted molar refractivity (Wildman–Crippen MR) is 88.4 cm³/mol. The van der Waals surface area contributed by atoms with Gasteiger partial charge in [0.25, 0.3) is 0 Å². The lowest BCUT2D eigenvalue weighted by molar-refractivity contribution is -0.137. The number of hydrogen-bond acceptors (Lipinski definition) is 5. The lowest BCUT2D eigenvalue weighted by atomic mass is 9.99. The minimum absolute atomic E-state index is 0.105. The number of rotatable bonds is 6. The number of aromatic nitrogens is 2. The van der Waals surface area contributed by atoms with E-state index in [1.807, 2.05) is 57.1 Å². The van der Waals surface area contributed by atoms with Gasteiger partial charge in [0.1, 0.15) is 5.82 Å². The van der Waals surface area contributed by atoms with Crippen molar-refractivity contribution in [1.82, 2.24) is 9.97 Å². The van der Waals surface area contributed by atoms with Gasteiger partial charge in [-0.2, -0.15) is 4.98 Å². The first kappa shape index (κ1) is 16.0. The van der Waals surface area contributed by atoms with E-state index in [0.717, 1.165) is 16.7 Å². The van der Waals surface area contributed by atoms with Crippen LogP contribution in [0.5, 0.6) is 0 Å². The van der Waals surface area contributed by atoms with Crippen LogP contribution in [0.4, 0.5) is 11.8 Å². The first-order chi connectivity index (χ1) is 10.3. The smallest absolute Gasteiger partial charge is 0.303 e. The van der Waals surface area contributed by atoms with Gasteiger partial charge in [0.05, 0.1) is 5.52 Å². The second-order valence-corrected chi connectivity index (χ2v) is 6.19. The summed E-state index contributed by atoms with van der Waals surface area (Å²) < 4.78 is 0. The maximum absolute atomic E-state index is 10.8. The number of benzene rings is 1. The molecule has 1 aromatic heterocycles. The van der Waals surface area contributed by atoms with Crippen LogP contribution in [0.25, 0.3) is 10.9 Å². The highest BCUT2D eigenvalue weighted by Crippen LogP contribution is 2.25. The minimum Gasteiger partial charge on any atom is -0.481 e. The summed E-state index contributed by atoms with van der Waals surface area (Å²) >= 11 is 0. The molecule has 0 radical (unpaired) electrons. The SMILES string of the molecule is CN(C)c1nc(NC(C)(C)CCC(=O)O)nc2ccccc12. The van der Waals surface area contributed by atoms with E-state index >= 15 is 0 Å². The molecule has 2 aromatic rings. The van der Waals surface area contributed by atoms with Gasteiger partial charge in [0, 0.05) is 31.4 Å². The van der Waals surface area contributed by atoms with Crippen molar-refractivity contribution in [3.63, 3.8) is 0 Å². The van der Waals surface area contributed by atoms with Crippen molar-refractivity contribution in [2.24, 2.45) is 0 Å². The first-order valence-corrected chi connectivity index (χ1v) is 7.22. The molecule has 2 N–H and O–H groups in total. The maximum atomic E-state index is 10.8. The molecule has 0 spiro atoms. The quantitative estimate of drug-likeness (QED) is 0.854. The van der Waals surface area contributed by atoms with Crippen LogP contribution in [-0.2, 0) is 4.79 Å². The molecule has 0 saturated heterocycles. The Bertz CT molecular complexity index is 683.